The normalized spacial score (nSPS) is 13.9. The number of pyridine rings is 1. The standard InChI is InChI=1S/C14H15FN2O2S/c1-9(10-5-11(15)8-16-7-10)17-12(6-14(18)19)13-3-2-4-20-13/h2-5,7-9,12,17H,6H2,1H3,(H,18,19). The van der Waals surface area contributed by atoms with Crippen molar-refractivity contribution in [3.8, 4) is 0 Å². The van der Waals surface area contributed by atoms with Crippen LogP contribution in [0.25, 0.3) is 0 Å². The van der Waals surface area contributed by atoms with E-state index < -0.39 is 11.8 Å². The molecule has 0 aliphatic carbocycles. The summed E-state index contributed by atoms with van der Waals surface area (Å²) in [5.41, 5.74) is 0.692. The SMILES string of the molecule is CC(NC(CC(=O)O)c1cccs1)c1cncc(F)c1. The summed E-state index contributed by atoms with van der Waals surface area (Å²) in [4.78, 5) is 15.7. The zero-order valence-corrected chi connectivity index (χ0v) is 11.7. The van der Waals surface area contributed by atoms with Gasteiger partial charge >= 0.3 is 5.97 Å². The first-order valence-electron chi connectivity index (χ1n) is 6.18. The molecule has 0 aromatic carbocycles. The van der Waals surface area contributed by atoms with E-state index in [1.165, 1.54) is 17.4 Å². The van der Waals surface area contributed by atoms with Gasteiger partial charge in [-0.1, -0.05) is 6.07 Å². The van der Waals surface area contributed by atoms with Crippen molar-refractivity contribution in [3.05, 3.63) is 52.2 Å². The summed E-state index contributed by atoms with van der Waals surface area (Å²) in [5, 5.41) is 14.1. The van der Waals surface area contributed by atoms with Gasteiger partial charge in [0.2, 0.25) is 0 Å². The molecular weight excluding hydrogens is 279 g/mol. The maximum Gasteiger partial charge on any atom is 0.305 e. The highest BCUT2D eigenvalue weighted by atomic mass is 32.1. The number of carbonyl (C=O) groups is 1. The largest absolute Gasteiger partial charge is 0.481 e. The lowest BCUT2D eigenvalue weighted by Gasteiger charge is -2.21. The highest BCUT2D eigenvalue weighted by Gasteiger charge is 2.19. The van der Waals surface area contributed by atoms with Crippen LogP contribution >= 0.6 is 11.3 Å². The molecule has 4 nitrogen and oxygen atoms in total. The smallest absolute Gasteiger partial charge is 0.305 e. The van der Waals surface area contributed by atoms with Gasteiger partial charge in [-0.05, 0) is 30.0 Å². The number of rotatable bonds is 6. The van der Waals surface area contributed by atoms with Gasteiger partial charge in [-0.15, -0.1) is 11.3 Å². The van der Waals surface area contributed by atoms with Gasteiger partial charge in [0.25, 0.3) is 0 Å². The third kappa shape index (κ3) is 3.85. The molecule has 2 aromatic rings. The fourth-order valence-corrected chi connectivity index (χ4v) is 2.76. The lowest BCUT2D eigenvalue weighted by Crippen LogP contribution is -2.26. The van der Waals surface area contributed by atoms with Crippen LogP contribution < -0.4 is 5.32 Å². The predicted octanol–water partition coefficient (Wildman–Crippen LogP) is 3.15. The first-order valence-corrected chi connectivity index (χ1v) is 7.06. The highest BCUT2D eigenvalue weighted by Crippen LogP contribution is 2.25. The van der Waals surface area contributed by atoms with Crippen LogP contribution in [-0.2, 0) is 4.79 Å². The average Bonchev–Trinajstić information content (AvgIpc) is 2.91. The Labute approximate surface area is 120 Å². The molecule has 2 atom stereocenters. The minimum atomic E-state index is -0.875. The van der Waals surface area contributed by atoms with Gasteiger partial charge in [-0.25, -0.2) is 4.39 Å². The maximum absolute atomic E-state index is 13.2. The van der Waals surface area contributed by atoms with E-state index in [2.05, 4.69) is 10.3 Å². The van der Waals surface area contributed by atoms with Gasteiger partial charge < -0.3 is 10.4 Å². The van der Waals surface area contributed by atoms with Gasteiger partial charge in [-0.3, -0.25) is 9.78 Å². The third-order valence-electron chi connectivity index (χ3n) is 2.94. The maximum atomic E-state index is 13.2. The van der Waals surface area contributed by atoms with Crippen molar-refractivity contribution < 1.29 is 14.3 Å². The fourth-order valence-electron chi connectivity index (χ4n) is 1.97. The van der Waals surface area contributed by atoms with Gasteiger partial charge in [-0.2, -0.15) is 0 Å². The third-order valence-corrected chi connectivity index (χ3v) is 3.93. The van der Waals surface area contributed by atoms with Crippen molar-refractivity contribution in [2.24, 2.45) is 0 Å². The van der Waals surface area contributed by atoms with Crippen LogP contribution in [0, 0.1) is 5.82 Å². The van der Waals surface area contributed by atoms with E-state index in [4.69, 9.17) is 5.11 Å². The summed E-state index contributed by atoms with van der Waals surface area (Å²) in [5.74, 6) is -1.28. The van der Waals surface area contributed by atoms with Crippen molar-refractivity contribution in [2.75, 3.05) is 0 Å². The van der Waals surface area contributed by atoms with E-state index in [9.17, 15) is 9.18 Å². The Balaban J connectivity index is 2.13. The second kappa shape index (κ2) is 6.58. The molecule has 2 N–H and O–H groups in total. The van der Waals surface area contributed by atoms with E-state index in [0.717, 1.165) is 11.1 Å². The summed E-state index contributed by atoms with van der Waals surface area (Å²) in [6.45, 7) is 1.86. The topological polar surface area (TPSA) is 62.2 Å². The first-order chi connectivity index (χ1) is 9.56. The molecule has 0 fully saturated rings. The molecule has 2 heterocycles. The first kappa shape index (κ1) is 14.6. The minimum absolute atomic E-state index is 0.0202. The molecule has 0 aliphatic rings. The van der Waals surface area contributed by atoms with Gasteiger partial charge in [0, 0.05) is 17.1 Å². The molecule has 6 heteroatoms. The molecule has 0 bridgehead atoms. The zero-order chi connectivity index (χ0) is 14.5. The number of nitrogens with one attached hydrogen (secondary N) is 1. The quantitative estimate of drug-likeness (QED) is 0.859. The molecule has 106 valence electrons. The van der Waals surface area contributed by atoms with Crippen molar-refractivity contribution in [1.82, 2.24) is 10.3 Å². The van der Waals surface area contributed by atoms with Crippen LogP contribution in [0.4, 0.5) is 4.39 Å². The van der Waals surface area contributed by atoms with Crippen LogP contribution in [0.1, 0.15) is 35.9 Å². The second-order valence-electron chi connectivity index (χ2n) is 4.49. The van der Waals surface area contributed by atoms with Crippen LogP contribution in [0.15, 0.2) is 36.0 Å². The molecule has 0 aliphatic heterocycles. The number of halogens is 1. The predicted molar refractivity (Wildman–Crippen MR) is 75.1 cm³/mol. The van der Waals surface area contributed by atoms with Gasteiger partial charge in [0.15, 0.2) is 0 Å². The molecule has 0 radical (unpaired) electrons. The number of hydrogen-bond donors (Lipinski definition) is 2. The number of aromatic nitrogens is 1. The van der Waals surface area contributed by atoms with Crippen LogP contribution in [0.3, 0.4) is 0 Å². The molecule has 0 saturated heterocycles. The molecular formula is C14H15FN2O2S. The Morgan fingerprint density at radius 1 is 1.55 bits per heavy atom. The lowest BCUT2D eigenvalue weighted by molar-refractivity contribution is -0.137. The number of carboxylic acid groups (broad SMARTS) is 1. The van der Waals surface area contributed by atoms with Crippen molar-refractivity contribution in [1.29, 1.82) is 0 Å². The Kier molecular flexibility index (Phi) is 4.81. The number of nitrogens with zero attached hydrogens (tertiary/aromatic N) is 1. The minimum Gasteiger partial charge on any atom is -0.481 e. The number of aliphatic carboxylic acids is 1. The van der Waals surface area contributed by atoms with E-state index in [0.29, 0.717) is 5.56 Å². The number of hydrogen-bond acceptors (Lipinski definition) is 4. The molecule has 20 heavy (non-hydrogen) atoms. The summed E-state index contributed by atoms with van der Waals surface area (Å²) in [6, 6.07) is 4.68. The van der Waals surface area contributed by atoms with E-state index >= 15 is 0 Å². The molecule has 0 spiro atoms. The van der Waals surface area contributed by atoms with E-state index in [1.807, 2.05) is 24.4 Å². The molecule has 0 saturated carbocycles. The van der Waals surface area contributed by atoms with E-state index in [1.54, 1.807) is 6.20 Å². The summed E-state index contributed by atoms with van der Waals surface area (Å²) < 4.78 is 13.2. The molecule has 2 aromatic heterocycles. The summed E-state index contributed by atoms with van der Waals surface area (Å²) in [7, 11) is 0. The van der Waals surface area contributed by atoms with Crippen molar-refractivity contribution >= 4 is 17.3 Å². The van der Waals surface area contributed by atoms with Crippen molar-refractivity contribution in [3.63, 3.8) is 0 Å². The number of thiophene rings is 1. The Hall–Kier alpha value is -1.79. The fraction of sp³-hybridized carbons (Fsp3) is 0.286. The average molecular weight is 294 g/mol. The summed E-state index contributed by atoms with van der Waals surface area (Å²) in [6.07, 6.45) is 2.70. The Bertz CT molecular complexity index is 574. The highest BCUT2D eigenvalue weighted by molar-refractivity contribution is 7.10. The van der Waals surface area contributed by atoms with Gasteiger partial charge in [0.1, 0.15) is 5.82 Å². The lowest BCUT2D eigenvalue weighted by atomic mass is 10.1. The molecule has 2 unspecified atom stereocenters. The molecule has 2 rings (SSSR count). The van der Waals surface area contributed by atoms with Crippen molar-refractivity contribution in [2.45, 2.75) is 25.4 Å². The Morgan fingerprint density at radius 2 is 2.35 bits per heavy atom. The summed E-state index contributed by atoms with van der Waals surface area (Å²) >= 11 is 1.50. The van der Waals surface area contributed by atoms with Crippen LogP contribution in [0.2, 0.25) is 0 Å². The number of carboxylic acids is 1. The molecule has 0 amide bonds. The van der Waals surface area contributed by atoms with Gasteiger partial charge in [0.05, 0.1) is 18.7 Å². The van der Waals surface area contributed by atoms with E-state index in [-0.39, 0.29) is 18.5 Å². The monoisotopic (exact) mass is 294 g/mol. The van der Waals surface area contributed by atoms with Crippen LogP contribution in [0.5, 0.6) is 0 Å². The second-order valence-corrected chi connectivity index (χ2v) is 5.47. The zero-order valence-electron chi connectivity index (χ0n) is 10.9. The van der Waals surface area contributed by atoms with Crippen LogP contribution in [-0.4, -0.2) is 16.1 Å². The Morgan fingerprint density at radius 3 is 2.95 bits per heavy atom.